The zero-order valence-corrected chi connectivity index (χ0v) is 11.1. The highest BCUT2D eigenvalue weighted by molar-refractivity contribution is 5.90. The van der Waals surface area contributed by atoms with Crippen LogP contribution in [0.3, 0.4) is 0 Å². The van der Waals surface area contributed by atoms with Gasteiger partial charge in [0.05, 0.1) is 6.54 Å². The summed E-state index contributed by atoms with van der Waals surface area (Å²) < 4.78 is 0. The number of likely N-dealkylation sites (N-methyl/N-ethyl adjacent to an activating group) is 1. The predicted molar refractivity (Wildman–Crippen MR) is 74.3 cm³/mol. The number of amides is 2. The second-order valence-corrected chi connectivity index (χ2v) is 4.40. The molecule has 0 heterocycles. The van der Waals surface area contributed by atoms with E-state index in [9.17, 15) is 9.59 Å². The number of carbonyl (C=O) groups is 2. The highest BCUT2D eigenvalue weighted by atomic mass is 16.2. The number of rotatable bonds is 7. The van der Waals surface area contributed by atoms with E-state index in [1.54, 1.807) is 11.9 Å². The van der Waals surface area contributed by atoms with Gasteiger partial charge in [-0.1, -0.05) is 12.1 Å². The molecule has 0 aliphatic rings. The zero-order chi connectivity index (χ0) is 14.3. The number of nitrogens with two attached hydrogens (primary N) is 2. The number of benzene rings is 1. The minimum atomic E-state index is -0.403. The largest absolute Gasteiger partial charge is 0.369 e. The Kier molecular flexibility index (Phi) is 5.98. The van der Waals surface area contributed by atoms with Crippen molar-refractivity contribution in [2.45, 2.75) is 13.0 Å². The molecular weight excluding hydrogens is 244 g/mol. The molecule has 104 valence electrons. The first-order valence-corrected chi connectivity index (χ1v) is 6.07. The Morgan fingerprint density at radius 3 is 2.42 bits per heavy atom. The van der Waals surface area contributed by atoms with E-state index in [4.69, 9.17) is 11.5 Å². The fraction of sp³-hybridized carbons (Fsp3) is 0.385. The van der Waals surface area contributed by atoms with Crippen LogP contribution in [-0.4, -0.2) is 36.9 Å². The van der Waals surface area contributed by atoms with E-state index in [2.05, 4.69) is 5.32 Å². The first-order chi connectivity index (χ1) is 9.01. The summed E-state index contributed by atoms with van der Waals surface area (Å²) in [7, 11) is 1.74. The second-order valence-electron chi connectivity index (χ2n) is 4.40. The van der Waals surface area contributed by atoms with Gasteiger partial charge in [0.25, 0.3) is 0 Å². The van der Waals surface area contributed by atoms with E-state index in [0.29, 0.717) is 19.5 Å². The van der Waals surface area contributed by atoms with Crippen molar-refractivity contribution in [2.75, 3.05) is 25.5 Å². The fourth-order valence-corrected chi connectivity index (χ4v) is 1.59. The number of nitrogens with one attached hydrogen (secondary N) is 1. The first-order valence-electron chi connectivity index (χ1n) is 6.07. The Hall–Kier alpha value is -1.92. The Morgan fingerprint density at radius 2 is 1.89 bits per heavy atom. The van der Waals surface area contributed by atoms with Crippen molar-refractivity contribution in [3.8, 4) is 0 Å². The van der Waals surface area contributed by atoms with E-state index in [1.165, 1.54) is 0 Å². The first kappa shape index (κ1) is 15.1. The number of nitrogens with zero attached hydrogens (tertiary/aromatic N) is 1. The molecule has 0 aliphatic carbocycles. The topological polar surface area (TPSA) is 101 Å². The van der Waals surface area contributed by atoms with Crippen molar-refractivity contribution in [3.05, 3.63) is 29.8 Å². The van der Waals surface area contributed by atoms with Crippen molar-refractivity contribution in [2.24, 2.45) is 11.5 Å². The van der Waals surface area contributed by atoms with Gasteiger partial charge >= 0.3 is 0 Å². The summed E-state index contributed by atoms with van der Waals surface area (Å²) in [4.78, 5) is 24.1. The van der Waals surface area contributed by atoms with E-state index >= 15 is 0 Å². The van der Waals surface area contributed by atoms with E-state index in [1.807, 2.05) is 24.3 Å². The van der Waals surface area contributed by atoms with Gasteiger partial charge in [-0.15, -0.1) is 0 Å². The van der Waals surface area contributed by atoms with Crippen molar-refractivity contribution in [3.63, 3.8) is 0 Å². The molecular formula is C13H20N4O2. The molecule has 19 heavy (non-hydrogen) atoms. The van der Waals surface area contributed by atoms with Crippen LogP contribution >= 0.6 is 0 Å². The lowest BCUT2D eigenvalue weighted by molar-refractivity contribution is -0.120. The van der Waals surface area contributed by atoms with Crippen LogP contribution in [0.1, 0.15) is 12.0 Å². The third kappa shape index (κ3) is 5.98. The lowest BCUT2D eigenvalue weighted by Crippen LogP contribution is -2.32. The third-order valence-electron chi connectivity index (χ3n) is 2.62. The SMILES string of the molecule is CN(CCC(=O)Nc1ccc(CN)cc1)CC(N)=O. The zero-order valence-electron chi connectivity index (χ0n) is 11.1. The van der Waals surface area contributed by atoms with Crippen LogP contribution in [0.4, 0.5) is 5.69 Å². The number of hydrogen-bond acceptors (Lipinski definition) is 4. The van der Waals surface area contributed by atoms with Crippen LogP contribution in [0.2, 0.25) is 0 Å². The Bertz CT molecular complexity index is 431. The van der Waals surface area contributed by atoms with E-state index in [0.717, 1.165) is 11.3 Å². The highest BCUT2D eigenvalue weighted by Crippen LogP contribution is 2.09. The van der Waals surface area contributed by atoms with Gasteiger partial charge in [0, 0.05) is 25.2 Å². The molecule has 0 fully saturated rings. The average molecular weight is 264 g/mol. The molecule has 0 atom stereocenters. The summed E-state index contributed by atoms with van der Waals surface area (Å²) in [6.45, 7) is 1.11. The van der Waals surface area contributed by atoms with Crippen molar-refractivity contribution in [1.82, 2.24) is 4.90 Å². The highest BCUT2D eigenvalue weighted by Gasteiger charge is 2.06. The van der Waals surface area contributed by atoms with Crippen LogP contribution in [0, 0.1) is 0 Å². The van der Waals surface area contributed by atoms with Crippen molar-refractivity contribution in [1.29, 1.82) is 0 Å². The van der Waals surface area contributed by atoms with Gasteiger partial charge in [0.1, 0.15) is 0 Å². The van der Waals surface area contributed by atoms with Crippen molar-refractivity contribution >= 4 is 17.5 Å². The van der Waals surface area contributed by atoms with Gasteiger partial charge in [-0.25, -0.2) is 0 Å². The smallest absolute Gasteiger partial charge is 0.231 e. The van der Waals surface area contributed by atoms with Crippen LogP contribution in [0.5, 0.6) is 0 Å². The van der Waals surface area contributed by atoms with Gasteiger partial charge in [0.15, 0.2) is 0 Å². The molecule has 2 amide bonds. The van der Waals surface area contributed by atoms with Gasteiger partial charge in [0.2, 0.25) is 11.8 Å². The standard InChI is InChI=1S/C13H20N4O2/c1-17(9-12(15)18)7-6-13(19)16-11-4-2-10(8-14)3-5-11/h2-5H,6-9,14H2,1H3,(H2,15,18)(H,16,19). The molecule has 5 N–H and O–H groups in total. The van der Waals surface area contributed by atoms with Crippen LogP contribution in [0.25, 0.3) is 0 Å². The molecule has 0 unspecified atom stereocenters. The second kappa shape index (κ2) is 7.50. The van der Waals surface area contributed by atoms with Crippen LogP contribution in [0.15, 0.2) is 24.3 Å². The van der Waals surface area contributed by atoms with Gasteiger partial charge < -0.3 is 16.8 Å². The van der Waals surface area contributed by atoms with Crippen LogP contribution < -0.4 is 16.8 Å². The summed E-state index contributed by atoms with van der Waals surface area (Å²) in [5.74, 6) is -0.503. The number of primary amides is 1. The fourth-order valence-electron chi connectivity index (χ4n) is 1.59. The average Bonchev–Trinajstić information content (AvgIpc) is 2.36. The van der Waals surface area contributed by atoms with Crippen molar-refractivity contribution < 1.29 is 9.59 Å². The summed E-state index contributed by atoms with van der Waals surface area (Å²) in [5, 5.41) is 2.78. The minimum Gasteiger partial charge on any atom is -0.369 e. The van der Waals surface area contributed by atoms with Crippen LogP contribution in [-0.2, 0) is 16.1 Å². The molecule has 0 aromatic heterocycles. The summed E-state index contributed by atoms with van der Waals surface area (Å²) in [6, 6.07) is 7.37. The maximum absolute atomic E-state index is 11.7. The molecule has 0 spiro atoms. The quantitative estimate of drug-likeness (QED) is 0.639. The molecule has 0 saturated heterocycles. The molecule has 0 aliphatic heterocycles. The predicted octanol–water partition coefficient (Wildman–Crippen LogP) is -0.109. The molecule has 0 bridgehead atoms. The minimum absolute atomic E-state index is 0.100. The number of carbonyl (C=O) groups excluding carboxylic acids is 2. The normalized spacial score (nSPS) is 10.5. The van der Waals surface area contributed by atoms with E-state index in [-0.39, 0.29) is 12.5 Å². The molecule has 1 aromatic rings. The lowest BCUT2D eigenvalue weighted by atomic mass is 10.2. The third-order valence-corrected chi connectivity index (χ3v) is 2.62. The summed E-state index contributed by atoms with van der Waals surface area (Å²) in [6.07, 6.45) is 0.308. The molecule has 6 nitrogen and oxygen atoms in total. The number of hydrogen-bond donors (Lipinski definition) is 3. The van der Waals surface area contributed by atoms with Gasteiger partial charge in [-0.05, 0) is 24.7 Å². The molecule has 0 radical (unpaired) electrons. The monoisotopic (exact) mass is 264 g/mol. The maximum atomic E-state index is 11.7. The lowest BCUT2D eigenvalue weighted by Gasteiger charge is -2.14. The number of anilines is 1. The molecule has 1 rings (SSSR count). The summed E-state index contributed by atoms with van der Waals surface area (Å²) in [5.41, 5.74) is 12.3. The Balaban J connectivity index is 2.36. The Labute approximate surface area is 112 Å². The maximum Gasteiger partial charge on any atom is 0.231 e. The molecule has 0 saturated carbocycles. The van der Waals surface area contributed by atoms with Gasteiger partial charge in [-0.3, -0.25) is 14.5 Å². The van der Waals surface area contributed by atoms with E-state index < -0.39 is 5.91 Å². The molecule has 6 heteroatoms. The van der Waals surface area contributed by atoms with Gasteiger partial charge in [-0.2, -0.15) is 0 Å². The Morgan fingerprint density at radius 1 is 1.26 bits per heavy atom. The molecule has 1 aromatic carbocycles. The summed E-state index contributed by atoms with van der Waals surface area (Å²) >= 11 is 0.